The minimum absolute atomic E-state index is 0.0911. The summed E-state index contributed by atoms with van der Waals surface area (Å²) < 4.78 is 56.9. The second kappa shape index (κ2) is 9.65. The lowest BCUT2D eigenvalue weighted by atomic mass is 9.95. The number of pyridine rings is 1. The van der Waals surface area contributed by atoms with Gasteiger partial charge in [0.05, 0.1) is 17.4 Å². The van der Waals surface area contributed by atoms with Crippen LogP contribution in [-0.2, 0) is 11.0 Å². The molecule has 162 valence electrons. The molecule has 1 amide bonds. The Hall–Kier alpha value is -2.33. The number of anilines is 1. The Morgan fingerprint density at radius 2 is 1.90 bits per heavy atom. The molecule has 1 unspecified atom stereocenters. The number of nitrogens with zero attached hydrogens (tertiary/aromatic N) is 1. The average Bonchev–Trinajstić information content (AvgIpc) is 2.69. The van der Waals surface area contributed by atoms with Gasteiger partial charge in [-0.25, -0.2) is 4.21 Å². The lowest BCUT2D eigenvalue weighted by Crippen LogP contribution is -2.36. The van der Waals surface area contributed by atoms with Crippen molar-refractivity contribution in [2.45, 2.75) is 49.4 Å². The molecule has 1 aliphatic rings. The van der Waals surface area contributed by atoms with E-state index in [1.54, 1.807) is 0 Å². The molecule has 0 spiro atoms. The first-order chi connectivity index (χ1) is 14.2. The fraction of sp³-hybridized carbons (Fsp3) is 0.368. The number of aromatic nitrogens is 1. The third kappa shape index (κ3) is 6.33. The number of carbonyl (C=O) groups excluding carboxylic acids is 1. The number of amides is 1. The van der Waals surface area contributed by atoms with Gasteiger partial charge in [0.25, 0.3) is 5.91 Å². The average molecular weight is 462 g/mol. The second-order valence-electron chi connectivity index (χ2n) is 6.78. The van der Waals surface area contributed by atoms with E-state index < -0.39 is 23.1 Å². The van der Waals surface area contributed by atoms with Gasteiger partial charge >= 0.3 is 6.36 Å². The van der Waals surface area contributed by atoms with Gasteiger partial charge in [-0.1, -0.05) is 30.9 Å². The standard InChI is InChI=1S/C19H19ClF3N3O3S/c20-13-6-7-16(29-19(21,22)23)17(9-13)30(28)26-15-8-12(10-24-11-15)18(27)25-14-4-2-1-3-5-14/h6-11,14,26H,1-5H2,(H,25,27). The number of benzene rings is 1. The summed E-state index contributed by atoms with van der Waals surface area (Å²) in [5.41, 5.74) is 0.447. The summed E-state index contributed by atoms with van der Waals surface area (Å²) in [6.07, 6.45) is 2.83. The molecule has 6 nitrogen and oxygen atoms in total. The van der Waals surface area contributed by atoms with E-state index in [9.17, 15) is 22.2 Å². The van der Waals surface area contributed by atoms with E-state index in [4.69, 9.17) is 11.6 Å². The Labute approximate surface area is 178 Å². The summed E-state index contributed by atoms with van der Waals surface area (Å²) >= 11 is 5.83. The zero-order valence-corrected chi connectivity index (χ0v) is 17.2. The number of hydrogen-bond acceptors (Lipinski definition) is 4. The zero-order valence-electron chi connectivity index (χ0n) is 15.7. The predicted molar refractivity (Wildman–Crippen MR) is 107 cm³/mol. The number of hydrogen-bond donors (Lipinski definition) is 2. The van der Waals surface area contributed by atoms with E-state index in [1.807, 2.05) is 0 Å². The van der Waals surface area contributed by atoms with E-state index in [-0.39, 0.29) is 33.1 Å². The molecule has 3 rings (SSSR count). The molecular weight excluding hydrogens is 443 g/mol. The minimum Gasteiger partial charge on any atom is -0.404 e. The van der Waals surface area contributed by atoms with Crippen LogP contribution in [0.25, 0.3) is 0 Å². The van der Waals surface area contributed by atoms with E-state index in [1.165, 1.54) is 24.5 Å². The number of carbonyl (C=O) groups is 1. The summed E-state index contributed by atoms with van der Waals surface area (Å²) in [7, 11) is -2.15. The van der Waals surface area contributed by atoms with Crippen LogP contribution >= 0.6 is 11.6 Å². The largest absolute Gasteiger partial charge is 0.573 e. The minimum atomic E-state index is -4.95. The van der Waals surface area contributed by atoms with Crippen LogP contribution < -0.4 is 14.8 Å². The van der Waals surface area contributed by atoms with Crippen molar-refractivity contribution in [2.24, 2.45) is 0 Å². The van der Waals surface area contributed by atoms with Gasteiger partial charge in [0, 0.05) is 17.3 Å². The topological polar surface area (TPSA) is 80.3 Å². The Morgan fingerprint density at radius 3 is 2.60 bits per heavy atom. The number of halogens is 4. The SMILES string of the molecule is O=C(NC1CCCCC1)c1cncc(NS(=O)c2cc(Cl)ccc2OC(F)(F)F)c1. The molecule has 1 aromatic carbocycles. The molecule has 1 heterocycles. The molecule has 0 bridgehead atoms. The fourth-order valence-corrected chi connectivity index (χ4v) is 4.33. The fourth-order valence-electron chi connectivity index (χ4n) is 3.13. The molecule has 2 aromatic rings. The van der Waals surface area contributed by atoms with Crippen molar-refractivity contribution in [2.75, 3.05) is 4.72 Å². The normalized spacial score (nSPS) is 16.0. The zero-order chi connectivity index (χ0) is 21.7. The first-order valence-corrected chi connectivity index (χ1v) is 10.7. The van der Waals surface area contributed by atoms with Gasteiger partial charge in [0.1, 0.15) is 10.6 Å². The van der Waals surface area contributed by atoms with Gasteiger partial charge in [0.2, 0.25) is 0 Å². The first kappa shape index (κ1) is 22.4. The van der Waals surface area contributed by atoms with Crippen molar-refractivity contribution in [3.05, 3.63) is 47.2 Å². The van der Waals surface area contributed by atoms with Crippen molar-refractivity contribution in [1.29, 1.82) is 0 Å². The third-order valence-electron chi connectivity index (χ3n) is 4.48. The third-order valence-corrected chi connectivity index (χ3v) is 5.86. The van der Waals surface area contributed by atoms with Crippen LogP contribution in [0.4, 0.5) is 18.9 Å². The van der Waals surface area contributed by atoms with E-state index in [0.29, 0.717) is 0 Å². The summed E-state index contributed by atoms with van der Waals surface area (Å²) in [5, 5.41) is 3.04. The monoisotopic (exact) mass is 461 g/mol. The van der Waals surface area contributed by atoms with Crippen molar-refractivity contribution >= 4 is 34.2 Å². The summed E-state index contributed by atoms with van der Waals surface area (Å²) in [6.45, 7) is 0. The molecule has 0 radical (unpaired) electrons. The molecule has 0 saturated heterocycles. The van der Waals surface area contributed by atoms with E-state index in [0.717, 1.165) is 44.2 Å². The molecular formula is C19H19ClF3N3O3S. The number of alkyl halides is 3. The molecule has 1 aromatic heterocycles. The molecule has 1 atom stereocenters. The van der Waals surface area contributed by atoms with Gasteiger partial charge in [0.15, 0.2) is 11.0 Å². The van der Waals surface area contributed by atoms with Crippen LogP contribution in [0.3, 0.4) is 0 Å². The van der Waals surface area contributed by atoms with E-state index in [2.05, 4.69) is 19.8 Å². The maximum Gasteiger partial charge on any atom is 0.573 e. The summed E-state index contributed by atoms with van der Waals surface area (Å²) in [5.74, 6) is -0.954. The second-order valence-corrected chi connectivity index (χ2v) is 8.40. The van der Waals surface area contributed by atoms with Crippen molar-refractivity contribution in [3.63, 3.8) is 0 Å². The Kier molecular flexibility index (Phi) is 7.19. The van der Waals surface area contributed by atoms with Crippen LogP contribution in [0.15, 0.2) is 41.6 Å². The molecule has 1 saturated carbocycles. The van der Waals surface area contributed by atoms with E-state index >= 15 is 0 Å². The Bertz CT molecular complexity index is 937. The molecule has 0 aliphatic heterocycles. The predicted octanol–water partition coefficient (Wildman–Crippen LogP) is 4.83. The lowest BCUT2D eigenvalue weighted by molar-refractivity contribution is -0.275. The highest BCUT2D eigenvalue weighted by molar-refractivity contribution is 7.86. The van der Waals surface area contributed by atoms with Gasteiger partial charge < -0.3 is 10.1 Å². The number of rotatable bonds is 6. The highest BCUT2D eigenvalue weighted by Crippen LogP contribution is 2.31. The van der Waals surface area contributed by atoms with Crippen molar-refractivity contribution in [1.82, 2.24) is 10.3 Å². The lowest BCUT2D eigenvalue weighted by Gasteiger charge is -2.22. The van der Waals surface area contributed by atoms with Crippen LogP contribution in [0, 0.1) is 0 Å². The van der Waals surface area contributed by atoms with Crippen LogP contribution in [0.2, 0.25) is 5.02 Å². The number of nitrogens with one attached hydrogen (secondary N) is 2. The summed E-state index contributed by atoms with van der Waals surface area (Å²) in [4.78, 5) is 16.1. The van der Waals surface area contributed by atoms with Crippen LogP contribution in [-0.4, -0.2) is 27.5 Å². The highest BCUT2D eigenvalue weighted by atomic mass is 35.5. The quantitative estimate of drug-likeness (QED) is 0.645. The molecule has 30 heavy (non-hydrogen) atoms. The Balaban J connectivity index is 1.74. The van der Waals surface area contributed by atoms with Crippen molar-refractivity contribution < 1.29 is 26.9 Å². The molecule has 2 N–H and O–H groups in total. The van der Waals surface area contributed by atoms with Gasteiger partial charge in [-0.15, -0.1) is 13.2 Å². The van der Waals surface area contributed by atoms with Gasteiger partial charge in [-0.05, 0) is 37.1 Å². The van der Waals surface area contributed by atoms with Gasteiger partial charge in [-0.2, -0.15) is 0 Å². The van der Waals surface area contributed by atoms with Gasteiger partial charge in [-0.3, -0.25) is 14.5 Å². The maximum atomic E-state index is 12.6. The first-order valence-electron chi connectivity index (χ1n) is 9.21. The highest BCUT2D eigenvalue weighted by Gasteiger charge is 2.33. The smallest absolute Gasteiger partial charge is 0.404 e. The van der Waals surface area contributed by atoms with Crippen LogP contribution in [0.1, 0.15) is 42.5 Å². The number of ether oxygens (including phenoxy) is 1. The summed E-state index contributed by atoms with van der Waals surface area (Å²) in [6, 6.07) is 4.82. The molecule has 11 heteroatoms. The molecule has 1 aliphatic carbocycles. The Morgan fingerprint density at radius 1 is 1.17 bits per heavy atom. The maximum absolute atomic E-state index is 12.6. The van der Waals surface area contributed by atoms with Crippen molar-refractivity contribution in [3.8, 4) is 5.75 Å². The van der Waals surface area contributed by atoms with Crippen LogP contribution in [0.5, 0.6) is 5.75 Å². The molecule has 1 fully saturated rings.